The summed E-state index contributed by atoms with van der Waals surface area (Å²) in [6.45, 7) is 2.46. The molecule has 4 rings (SSSR count). The van der Waals surface area contributed by atoms with E-state index in [0.717, 1.165) is 56.7 Å². The maximum absolute atomic E-state index is 12.7. The summed E-state index contributed by atoms with van der Waals surface area (Å²) in [6, 6.07) is 16.5. The normalized spacial score (nSPS) is 17.4. The van der Waals surface area contributed by atoms with Gasteiger partial charge in [0.05, 0.1) is 6.61 Å². The molecule has 0 N–H and O–H groups in total. The molecule has 2 heterocycles. The third kappa shape index (κ3) is 3.16. The van der Waals surface area contributed by atoms with Crippen molar-refractivity contribution >= 4 is 5.91 Å². The molecule has 2 aliphatic rings. The fourth-order valence-corrected chi connectivity index (χ4v) is 3.79. The number of hydrogen-bond acceptors (Lipinski definition) is 2. The molecular weight excluding hydrogens is 298 g/mol. The smallest absolute Gasteiger partial charge is 0.253 e. The lowest BCUT2D eigenvalue weighted by Gasteiger charge is -2.32. The van der Waals surface area contributed by atoms with Gasteiger partial charge in [-0.3, -0.25) is 4.79 Å². The molecule has 0 aromatic heterocycles. The van der Waals surface area contributed by atoms with Crippen LogP contribution in [-0.2, 0) is 12.8 Å². The molecule has 1 amide bonds. The van der Waals surface area contributed by atoms with Gasteiger partial charge in [0.25, 0.3) is 5.91 Å². The molecule has 3 nitrogen and oxygen atoms in total. The van der Waals surface area contributed by atoms with Gasteiger partial charge in [0.15, 0.2) is 0 Å². The number of piperidine rings is 1. The third-order valence-corrected chi connectivity index (χ3v) is 5.21. The first-order chi connectivity index (χ1) is 11.8. The first-order valence-corrected chi connectivity index (χ1v) is 8.88. The molecule has 2 aliphatic heterocycles. The largest absolute Gasteiger partial charge is 0.493 e. The minimum Gasteiger partial charge on any atom is -0.493 e. The van der Waals surface area contributed by atoms with Gasteiger partial charge in [0, 0.05) is 25.1 Å². The molecule has 3 heteroatoms. The Balaban J connectivity index is 1.36. The van der Waals surface area contributed by atoms with Gasteiger partial charge < -0.3 is 9.64 Å². The molecule has 0 saturated carbocycles. The van der Waals surface area contributed by atoms with Crippen LogP contribution in [0, 0.1) is 5.92 Å². The van der Waals surface area contributed by atoms with E-state index in [4.69, 9.17) is 4.74 Å². The lowest BCUT2D eigenvalue weighted by atomic mass is 9.90. The molecular formula is C21H23NO2. The Morgan fingerprint density at radius 1 is 1.08 bits per heavy atom. The zero-order valence-corrected chi connectivity index (χ0v) is 13.9. The van der Waals surface area contributed by atoms with E-state index in [2.05, 4.69) is 30.3 Å². The maximum atomic E-state index is 12.7. The van der Waals surface area contributed by atoms with Crippen LogP contribution in [0.1, 0.15) is 34.3 Å². The fourth-order valence-electron chi connectivity index (χ4n) is 3.79. The van der Waals surface area contributed by atoms with Gasteiger partial charge in [-0.15, -0.1) is 0 Å². The minimum absolute atomic E-state index is 0.169. The Hall–Kier alpha value is -2.29. The van der Waals surface area contributed by atoms with Crippen LogP contribution >= 0.6 is 0 Å². The van der Waals surface area contributed by atoms with Crippen molar-refractivity contribution in [1.82, 2.24) is 4.90 Å². The van der Waals surface area contributed by atoms with E-state index in [-0.39, 0.29) is 5.91 Å². The van der Waals surface area contributed by atoms with E-state index in [0.29, 0.717) is 5.92 Å². The number of ether oxygens (including phenoxy) is 1. The lowest BCUT2D eigenvalue weighted by Crippen LogP contribution is -2.38. The highest BCUT2D eigenvalue weighted by Crippen LogP contribution is 2.27. The van der Waals surface area contributed by atoms with Crippen LogP contribution in [0.3, 0.4) is 0 Å². The van der Waals surface area contributed by atoms with Gasteiger partial charge in [-0.05, 0) is 54.5 Å². The van der Waals surface area contributed by atoms with Crippen molar-refractivity contribution in [2.24, 2.45) is 5.92 Å². The van der Waals surface area contributed by atoms with Crippen LogP contribution in [0.4, 0.5) is 0 Å². The quantitative estimate of drug-likeness (QED) is 0.862. The van der Waals surface area contributed by atoms with Crippen LogP contribution in [0.2, 0.25) is 0 Å². The van der Waals surface area contributed by atoms with Gasteiger partial charge >= 0.3 is 0 Å². The van der Waals surface area contributed by atoms with Crippen molar-refractivity contribution in [3.63, 3.8) is 0 Å². The molecule has 124 valence electrons. The topological polar surface area (TPSA) is 29.5 Å². The average Bonchev–Trinajstić information content (AvgIpc) is 3.10. The number of rotatable bonds is 3. The molecule has 0 spiro atoms. The zero-order valence-electron chi connectivity index (χ0n) is 13.9. The van der Waals surface area contributed by atoms with E-state index in [1.807, 2.05) is 23.1 Å². The second-order valence-electron chi connectivity index (χ2n) is 6.85. The molecule has 0 aliphatic carbocycles. The lowest BCUT2D eigenvalue weighted by molar-refractivity contribution is 0.0690. The third-order valence-electron chi connectivity index (χ3n) is 5.21. The number of hydrogen-bond donors (Lipinski definition) is 0. The van der Waals surface area contributed by atoms with Crippen molar-refractivity contribution in [3.8, 4) is 5.75 Å². The number of carbonyl (C=O) groups is 1. The average molecular weight is 321 g/mol. The summed E-state index contributed by atoms with van der Waals surface area (Å²) in [5, 5.41) is 0. The monoisotopic (exact) mass is 321 g/mol. The SMILES string of the molecule is O=C(c1ccc2c(c1)CCO2)N1CCC(Cc2ccccc2)CC1. The van der Waals surface area contributed by atoms with Crippen LogP contribution in [0.25, 0.3) is 0 Å². The van der Waals surface area contributed by atoms with E-state index in [1.54, 1.807) is 0 Å². The van der Waals surface area contributed by atoms with Gasteiger partial charge in [-0.1, -0.05) is 30.3 Å². The van der Waals surface area contributed by atoms with Gasteiger partial charge in [-0.2, -0.15) is 0 Å². The number of benzene rings is 2. The summed E-state index contributed by atoms with van der Waals surface area (Å²) < 4.78 is 5.52. The second kappa shape index (κ2) is 6.68. The Morgan fingerprint density at radius 2 is 1.88 bits per heavy atom. The van der Waals surface area contributed by atoms with Crippen molar-refractivity contribution in [2.75, 3.05) is 19.7 Å². The molecule has 2 aromatic rings. The van der Waals surface area contributed by atoms with Crippen LogP contribution in [0.15, 0.2) is 48.5 Å². The zero-order chi connectivity index (χ0) is 16.4. The van der Waals surface area contributed by atoms with Crippen LogP contribution in [0.5, 0.6) is 5.75 Å². The summed E-state index contributed by atoms with van der Waals surface area (Å²) in [4.78, 5) is 14.8. The van der Waals surface area contributed by atoms with Crippen molar-refractivity contribution in [2.45, 2.75) is 25.7 Å². The molecule has 0 radical (unpaired) electrons. The Bertz CT molecular complexity index is 718. The van der Waals surface area contributed by atoms with Crippen LogP contribution in [-0.4, -0.2) is 30.5 Å². The molecule has 0 bridgehead atoms. The molecule has 2 aromatic carbocycles. The van der Waals surface area contributed by atoms with E-state index < -0.39 is 0 Å². The van der Waals surface area contributed by atoms with Crippen molar-refractivity contribution in [3.05, 3.63) is 65.2 Å². The fraction of sp³-hybridized carbons (Fsp3) is 0.381. The Morgan fingerprint density at radius 3 is 2.67 bits per heavy atom. The number of likely N-dealkylation sites (tertiary alicyclic amines) is 1. The molecule has 1 fully saturated rings. The minimum atomic E-state index is 0.169. The van der Waals surface area contributed by atoms with Crippen LogP contribution < -0.4 is 4.74 Å². The number of fused-ring (bicyclic) bond motifs is 1. The highest BCUT2D eigenvalue weighted by atomic mass is 16.5. The predicted octanol–water partition coefficient (Wildman–Crippen LogP) is 3.72. The first-order valence-electron chi connectivity index (χ1n) is 8.88. The van der Waals surface area contributed by atoms with Gasteiger partial charge in [-0.25, -0.2) is 0 Å². The van der Waals surface area contributed by atoms with Crippen molar-refractivity contribution in [1.29, 1.82) is 0 Å². The summed E-state index contributed by atoms with van der Waals surface area (Å²) in [5.41, 5.74) is 3.38. The van der Waals surface area contributed by atoms with E-state index in [1.165, 1.54) is 11.1 Å². The molecule has 0 atom stereocenters. The standard InChI is InChI=1S/C21H23NO2/c23-21(19-6-7-20-18(15-19)10-13-24-20)22-11-8-17(9-12-22)14-16-4-2-1-3-5-16/h1-7,15,17H,8-14H2. The van der Waals surface area contributed by atoms with Gasteiger partial charge in [0.1, 0.15) is 5.75 Å². The Labute approximate surface area is 143 Å². The highest BCUT2D eigenvalue weighted by molar-refractivity contribution is 5.94. The number of carbonyl (C=O) groups excluding carboxylic acids is 1. The van der Waals surface area contributed by atoms with E-state index >= 15 is 0 Å². The number of amides is 1. The predicted molar refractivity (Wildman–Crippen MR) is 94.4 cm³/mol. The van der Waals surface area contributed by atoms with E-state index in [9.17, 15) is 4.79 Å². The maximum Gasteiger partial charge on any atom is 0.253 e. The first kappa shape index (κ1) is 15.3. The molecule has 1 saturated heterocycles. The summed E-state index contributed by atoms with van der Waals surface area (Å²) in [5.74, 6) is 1.79. The Kier molecular flexibility index (Phi) is 4.24. The van der Waals surface area contributed by atoms with Crippen molar-refractivity contribution < 1.29 is 9.53 Å². The summed E-state index contributed by atoms with van der Waals surface area (Å²) in [6.07, 6.45) is 4.22. The summed E-state index contributed by atoms with van der Waals surface area (Å²) in [7, 11) is 0. The molecule has 0 unspecified atom stereocenters. The second-order valence-corrected chi connectivity index (χ2v) is 6.85. The highest BCUT2D eigenvalue weighted by Gasteiger charge is 2.24. The molecule has 24 heavy (non-hydrogen) atoms. The van der Waals surface area contributed by atoms with Gasteiger partial charge in [0.2, 0.25) is 0 Å². The summed E-state index contributed by atoms with van der Waals surface area (Å²) >= 11 is 0. The number of nitrogens with zero attached hydrogens (tertiary/aromatic N) is 1.